The molecule has 0 radical (unpaired) electrons. The van der Waals surface area contributed by atoms with Crippen LogP contribution >= 0.6 is 11.3 Å². The summed E-state index contributed by atoms with van der Waals surface area (Å²) >= 11 is 1.44. The number of anilines is 1. The van der Waals surface area contributed by atoms with Crippen molar-refractivity contribution in [3.63, 3.8) is 0 Å². The summed E-state index contributed by atoms with van der Waals surface area (Å²) in [6.07, 6.45) is 5.10. The summed E-state index contributed by atoms with van der Waals surface area (Å²) in [5, 5.41) is 7.37. The molecule has 5 rings (SSSR count). The summed E-state index contributed by atoms with van der Waals surface area (Å²) in [5.41, 5.74) is 1.67. The van der Waals surface area contributed by atoms with Crippen LogP contribution in [0.15, 0.2) is 34.7 Å². The lowest BCUT2D eigenvalue weighted by Gasteiger charge is -2.25. The average molecular weight is 410 g/mol. The molecule has 0 atom stereocenters. The van der Waals surface area contributed by atoms with E-state index in [1.54, 1.807) is 11.0 Å². The van der Waals surface area contributed by atoms with Gasteiger partial charge in [0.1, 0.15) is 5.58 Å². The maximum absolute atomic E-state index is 12.9. The zero-order valence-corrected chi connectivity index (χ0v) is 16.8. The van der Waals surface area contributed by atoms with E-state index >= 15 is 0 Å². The second-order valence-corrected chi connectivity index (χ2v) is 8.68. The van der Waals surface area contributed by atoms with Gasteiger partial charge in [0, 0.05) is 29.3 Å². The summed E-state index contributed by atoms with van der Waals surface area (Å²) in [6, 6.07) is 9.47. The van der Waals surface area contributed by atoms with Gasteiger partial charge in [-0.05, 0) is 25.0 Å². The standard InChI is InChI=1S/C21H22N4O3S/c26-19(17-11-13-5-1-4-8-16(13)28-17)25-10-9-15-18(12-25)29-21(23-15)24-20(27)22-14-6-2-3-7-14/h1,4-5,8,11,14H,2-3,6-7,9-10,12H2,(H2,22,23,24,27). The third-order valence-electron chi connectivity index (χ3n) is 5.57. The highest BCUT2D eigenvalue weighted by molar-refractivity contribution is 7.15. The number of amides is 3. The SMILES string of the molecule is O=C(Nc1nc2c(s1)CN(C(=O)c1cc3ccccc3o1)CC2)NC1CCCC1. The fourth-order valence-electron chi connectivity index (χ4n) is 4.05. The number of nitrogens with zero attached hydrogens (tertiary/aromatic N) is 2. The number of urea groups is 1. The van der Waals surface area contributed by atoms with Crippen LogP contribution in [0.25, 0.3) is 11.0 Å². The summed E-state index contributed by atoms with van der Waals surface area (Å²) in [4.78, 5) is 32.4. The Morgan fingerprint density at radius 1 is 1.21 bits per heavy atom. The Labute approximate surface area is 172 Å². The maximum atomic E-state index is 12.9. The quantitative estimate of drug-likeness (QED) is 0.679. The molecular formula is C21H22N4O3S. The Morgan fingerprint density at radius 3 is 2.86 bits per heavy atom. The normalized spacial score (nSPS) is 16.8. The molecule has 1 saturated carbocycles. The van der Waals surface area contributed by atoms with Gasteiger partial charge in [-0.15, -0.1) is 0 Å². The van der Waals surface area contributed by atoms with Gasteiger partial charge in [-0.25, -0.2) is 9.78 Å². The molecule has 1 aromatic carbocycles. The molecule has 1 aliphatic heterocycles. The number of benzene rings is 1. The van der Waals surface area contributed by atoms with E-state index in [0.29, 0.717) is 36.0 Å². The minimum absolute atomic E-state index is 0.117. The molecule has 8 heteroatoms. The second-order valence-electron chi connectivity index (χ2n) is 7.59. The average Bonchev–Trinajstić information content (AvgIpc) is 3.45. The monoisotopic (exact) mass is 410 g/mol. The predicted octanol–water partition coefficient (Wildman–Crippen LogP) is 4.15. The lowest BCUT2D eigenvalue weighted by atomic mass is 10.1. The van der Waals surface area contributed by atoms with Gasteiger partial charge in [0.05, 0.1) is 12.2 Å². The largest absolute Gasteiger partial charge is 0.451 e. The van der Waals surface area contributed by atoms with E-state index in [1.807, 2.05) is 24.3 Å². The highest BCUT2D eigenvalue weighted by Crippen LogP contribution is 2.30. The number of furan rings is 1. The van der Waals surface area contributed by atoms with Crippen molar-refractivity contribution >= 4 is 39.4 Å². The molecule has 29 heavy (non-hydrogen) atoms. The van der Waals surface area contributed by atoms with Crippen LogP contribution in [0.5, 0.6) is 0 Å². The summed E-state index contributed by atoms with van der Waals surface area (Å²) in [6.45, 7) is 1.06. The summed E-state index contributed by atoms with van der Waals surface area (Å²) in [5.74, 6) is 0.238. The van der Waals surface area contributed by atoms with E-state index in [0.717, 1.165) is 28.8 Å². The van der Waals surface area contributed by atoms with Crippen molar-refractivity contribution in [2.24, 2.45) is 0 Å². The number of carbonyl (C=O) groups excluding carboxylic acids is 2. The molecule has 2 aromatic heterocycles. The highest BCUT2D eigenvalue weighted by atomic mass is 32.1. The third kappa shape index (κ3) is 3.72. The van der Waals surface area contributed by atoms with Crippen LogP contribution in [0, 0.1) is 0 Å². The van der Waals surface area contributed by atoms with Gasteiger partial charge in [0.25, 0.3) is 5.91 Å². The van der Waals surface area contributed by atoms with Crippen LogP contribution in [0.2, 0.25) is 0 Å². The van der Waals surface area contributed by atoms with E-state index in [2.05, 4.69) is 15.6 Å². The number of nitrogens with one attached hydrogen (secondary N) is 2. The van der Waals surface area contributed by atoms with Crippen LogP contribution < -0.4 is 10.6 Å². The van der Waals surface area contributed by atoms with Crippen molar-refractivity contribution in [2.75, 3.05) is 11.9 Å². The van der Waals surface area contributed by atoms with E-state index in [1.165, 1.54) is 24.2 Å². The molecular weight excluding hydrogens is 388 g/mol. The molecule has 7 nitrogen and oxygen atoms in total. The Hall–Kier alpha value is -2.87. The Bertz CT molecular complexity index is 1030. The van der Waals surface area contributed by atoms with Crippen LogP contribution in [-0.4, -0.2) is 34.4 Å². The second kappa shape index (κ2) is 7.51. The summed E-state index contributed by atoms with van der Waals surface area (Å²) < 4.78 is 5.72. The first-order valence-electron chi connectivity index (χ1n) is 9.99. The number of para-hydroxylation sites is 1. The lowest BCUT2D eigenvalue weighted by molar-refractivity contribution is 0.0706. The van der Waals surface area contributed by atoms with Crippen molar-refractivity contribution in [3.8, 4) is 0 Å². The van der Waals surface area contributed by atoms with Crippen molar-refractivity contribution in [1.29, 1.82) is 0 Å². The van der Waals surface area contributed by atoms with E-state index in [9.17, 15) is 9.59 Å². The van der Waals surface area contributed by atoms with E-state index in [4.69, 9.17) is 4.42 Å². The van der Waals surface area contributed by atoms with Gasteiger partial charge in [0.15, 0.2) is 10.9 Å². The molecule has 2 aliphatic rings. The highest BCUT2D eigenvalue weighted by Gasteiger charge is 2.27. The topological polar surface area (TPSA) is 87.5 Å². The van der Waals surface area contributed by atoms with Gasteiger partial charge in [-0.1, -0.05) is 42.4 Å². The van der Waals surface area contributed by atoms with Crippen LogP contribution in [0.4, 0.5) is 9.93 Å². The number of fused-ring (bicyclic) bond motifs is 2. The van der Waals surface area contributed by atoms with Gasteiger partial charge < -0.3 is 14.6 Å². The third-order valence-corrected chi connectivity index (χ3v) is 6.56. The van der Waals surface area contributed by atoms with Gasteiger partial charge >= 0.3 is 6.03 Å². The molecule has 2 N–H and O–H groups in total. The molecule has 0 saturated heterocycles. The fourth-order valence-corrected chi connectivity index (χ4v) is 5.07. The smallest absolute Gasteiger partial charge is 0.321 e. The molecule has 3 amide bonds. The molecule has 3 heterocycles. The fraction of sp³-hybridized carbons (Fsp3) is 0.381. The van der Waals surface area contributed by atoms with Gasteiger partial charge in [-0.3, -0.25) is 10.1 Å². The van der Waals surface area contributed by atoms with Gasteiger partial charge in [-0.2, -0.15) is 0 Å². The first kappa shape index (κ1) is 18.2. The summed E-state index contributed by atoms with van der Waals surface area (Å²) in [7, 11) is 0. The Morgan fingerprint density at radius 2 is 2.03 bits per heavy atom. The van der Waals surface area contributed by atoms with Crippen LogP contribution in [0.1, 0.15) is 46.8 Å². The Kier molecular flexibility index (Phi) is 4.71. The zero-order chi connectivity index (χ0) is 19.8. The van der Waals surface area contributed by atoms with Crippen molar-refractivity contribution in [1.82, 2.24) is 15.2 Å². The van der Waals surface area contributed by atoms with Crippen LogP contribution in [-0.2, 0) is 13.0 Å². The molecule has 0 bridgehead atoms. The molecule has 0 unspecified atom stereocenters. The van der Waals surface area contributed by atoms with E-state index < -0.39 is 0 Å². The number of aromatic nitrogens is 1. The molecule has 3 aromatic rings. The zero-order valence-electron chi connectivity index (χ0n) is 15.9. The number of thiazole rings is 1. The van der Waals surface area contributed by atoms with E-state index in [-0.39, 0.29) is 18.0 Å². The number of carbonyl (C=O) groups is 2. The van der Waals surface area contributed by atoms with Crippen molar-refractivity contribution in [3.05, 3.63) is 46.7 Å². The number of hydrogen-bond donors (Lipinski definition) is 2. The Balaban J connectivity index is 1.25. The molecule has 1 fully saturated rings. The first-order chi connectivity index (χ1) is 14.2. The number of rotatable bonds is 3. The molecule has 1 aliphatic carbocycles. The predicted molar refractivity (Wildman–Crippen MR) is 111 cm³/mol. The van der Waals surface area contributed by atoms with Crippen LogP contribution in [0.3, 0.4) is 0 Å². The maximum Gasteiger partial charge on any atom is 0.321 e. The minimum atomic E-state index is -0.196. The number of hydrogen-bond acceptors (Lipinski definition) is 5. The lowest BCUT2D eigenvalue weighted by Crippen LogP contribution is -2.36. The van der Waals surface area contributed by atoms with Crippen molar-refractivity contribution < 1.29 is 14.0 Å². The van der Waals surface area contributed by atoms with Crippen molar-refractivity contribution in [2.45, 2.75) is 44.7 Å². The first-order valence-corrected chi connectivity index (χ1v) is 10.8. The molecule has 150 valence electrons. The minimum Gasteiger partial charge on any atom is -0.451 e. The van der Waals surface area contributed by atoms with Gasteiger partial charge in [0.2, 0.25) is 0 Å². The molecule has 0 spiro atoms.